The maximum Gasteiger partial charge on any atom is 0.508 e. The van der Waals surface area contributed by atoms with Crippen molar-refractivity contribution in [2.75, 3.05) is 13.2 Å². The summed E-state index contributed by atoms with van der Waals surface area (Å²) in [6.45, 7) is 0.364. The molecular weight excluding hydrogens is 344 g/mol. The molecule has 0 saturated carbocycles. The highest BCUT2D eigenvalue weighted by molar-refractivity contribution is 9.10. The number of hydrogen-bond donors (Lipinski definition) is 1. The number of ether oxygens (including phenoxy) is 2. The van der Waals surface area contributed by atoms with Crippen molar-refractivity contribution >= 4 is 39.0 Å². The molecule has 1 atom stereocenters. The van der Waals surface area contributed by atoms with Gasteiger partial charge in [0.05, 0.1) is 13.0 Å². The topological polar surface area (TPSA) is 90.7 Å². The first-order valence-corrected chi connectivity index (χ1v) is 7.05. The Morgan fingerprint density at radius 2 is 2.33 bits per heavy atom. The van der Waals surface area contributed by atoms with E-state index in [1.54, 1.807) is 6.07 Å². The van der Waals surface area contributed by atoms with Crippen molar-refractivity contribution in [3.05, 3.63) is 28.4 Å². The molecule has 1 fully saturated rings. The number of carbonyl (C=O) groups is 2. The van der Waals surface area contributed by atoms with Gasteiger partial charge in [0.15, 0.2) is 11.7 Å². The van der Waals surface area contributed by atoms with E-state index in [4.69, 9.17) is 9.26 Å². The maximum atomic E-state index is 11.9. The van der Waals surface area contributed by atoms with Gasteiger partial charge in [-0.15, -0.1) is 0 Å². The molecule has 2 heterocycles. The minimum absolute atomic E-state index is 0.0883. The van der Waals surface area contributed by atoms with Crippen LogP contribution in [0.2, 0.25) is 0 Å². The van der Waals surface area contributed by atoms with E-state index < -0.39 is 12.3 Å². The Hall–Kier alpha value is -2.09. The van der Waals surface area contributed by atoms with E-state index >= 15 is 0 Å². The molecule has 0 bridgehead atoms. The van der Waals surface area contributed by atoms with Crippen LogP contribution >= 0.6 is 15.9 Å². The van der Waals surface area contributed by atoms with Crippen molar-refractivity contribution in [2.45, 2.75) is 12.5 Å². The molecule has 1 amide bonds. The Kier molecular flexibility index (Phi) is 3.78. The molecule has 1 aromatic carbocycles. The maximum absolute atomic E-state index is 11.9. The van der Waals surface area contributed by atoms with Crippen LogP contribution < -0.4 is 5.32 Å². The summed E-state index contributed by atoms with van der Waals surface area (Å²) in [6.07, 6.45) is -1.06. The van der Waals surface area contributed by atoms with Crippen LogP contribution in [0.4, 0.5) is 4.79 Å². The Balaban J connectivity index is 1.61. The van der Waals surface area contributed by atoms with Crippen molar-refractivity contribution in [3.8, 4) is 0 Å². The first-order valence-electron chi connectivity index (χ1n) is 6.26. The lowest BCUT2D eigenvalue weighted by Gasteiger charge is -2.07. The van der Waals surface area contributed by atoms with Gasteiger partial charge in [0.25, 0.3) is 0 Å². The van der Waals surface area contributed by atoms with Crippen LogP contribution in [-0.2, 0) is 20.7 Å². The van der Waals surface area contributed by atoms with Crippen LogP contribution in [-0.4, -0.2) is 36.5 Å². The fourth-order valence-corrected chi connectivity index (χ4v) is 2.36. The highest BCUT2D eigenvalue weighted by atomic mass is 79.9. The fraction of sp³-hybridized carbons (Fsp3) is 0.308. The molecule has 0 aliphatic carbocycles. The number of carbonyl (C=O) groups excluding carboxylic acids is 2. The van der Waals surface area contributed by atoms with Gasteiger partial charge in [-0.1, -0.05) is 21.1 Å². The second kappa shape index (κ2) is 5.72. The van der Waals surface area contributed by atoms with Crippen molar-refractivity contribution in [2.24, 2.45) is 0 Å². The summed E-state index contributed by atoms with van der Waals surface area (Å²) >= 11 is 3.37. The zero-order valence-electron chi connectivity index (χ0n) is 10.8. The molecule has 0 unspecified atom stereocenters. The molecule has 1 saturated heterocycles. The molecule has 21 heavy (non-hydrogen) atoms. The van der Waals surface area contributed by atoms with Crippen molar-refractivity contribution in [1.82, 2.24) is 10.5 Å². The number of hydrogen-bond acceptors (Lipinski definition) is 6. The third-order valence-corrected chi connectivity index (χ3v) is 3.50. The van der Waals surface area contributed by atoms with Crippen LogP contribution in [0.1, 0.15) is 5.69 Å². The Labute approximate surface area is 127 Å². The van der Waals surface area contributed by atoms with E-state index in [0.717, 1.165) is 9.86 Å². The van der Waals surface area contributed by atoms with Crippen molar-refractivity contribution in [3.63, 3.8) is 0 Å². The second-order valence-electron chi connectivity index (χ2n) is 4.55. The zero-order valence-corrected chi connectivity index (χ0v) is 12.4. The molecular formula is C13H11BrN2O5. The molecule has 1 aliphatic rings. The number of rotatable bonds is 4. The zero-order chi connectivity index (χ0) is 14.8. The summed E-state index contributed by atoms with van der Waals surface area (Å²) in [5.41, 5.74) is 1.18. The SMILES string of the molecule is O=C(Cc1noc2ccc(Br)cc12)NC[C@H]1COC(=O)O1. The molecule has 1 N–H and O–H groups in total. The smallest absolute Gasteiger partial charge is 0.430 e. The number of aromatic nitrogens is 1. The second-order valence-corrected chi connectivity index (χ2v) is 5.47. The average Bonchev–Trinajstić information content (AvgIpc) is 3.04. The minimum Gasteiger partial charge on any atom is -0.430 e. The highest BCUT2D eigenvalue weighted by Gasteiger charge is 2.25. The number of nitrogens with one attached hydrogen (secondary N) is 1. The molecule has 2 aromatic rings. The van der Waals surface area contributed by atoms with Crippen LogP contribution in [0.5, 0.6) is 0 Å². The number of benzene rings is 1. The van der Waals surface area contributed by atoms with Gasteiger partial charge in [-0.05, 0) is 18.2 Å². The number of cyclic esters (lactones) is 2. The molecule has 0 radical (unpaired) electrons. The van der Waals surface area contributed by atoms with Gasteiger partial charge in [-0.2, -0.15) is 0 Å². The molecule has 3 rings (SSSR count). The first-order chi connectivity index (χ1) is 10.1. The van der Waals surface area contributed by atoms with E-state index in [1.807, 2.05) is 12.1 Å². The Bertz CT molecular complexity index is 699. The molecule has 1 aliphatic heterocycles. The quantitative estimate of drug-likeness (QED) is 0.841. The van der Waals surface area contributed by atoms with Crippen LogP contribution in [0.15, 0.2) is 27.2 Å². The predicted octanol–water partition coefficient (Wildman–Crippen LogP) is 1.78. The number of halogens is 1. The average molecular weight is 355 g/mol. The Morgan fingerprint density at radius 1 is 1.48 bits per heavy atom. The fourth-order valence-electron chi connectivity index (χ4n) is 2.00. The number of nitrogens with zero attached hydrogens (tertiary/aromatic N) is 1. The summed E-state index contributed by atoms with van der Waals surface area (Å²) in [6, 6.07) is 5.47. The van der Waals surface area contributed by atoms with Gasteiger partial charge in [0.2, 0.25) is 5.91 Å². The first kappa shape index (κ1) is 13.9. The normalized spacial score (nSPS) is 17.6. The summed E-state index contributed by atoms with van der Waals surface area (Å²) in [5, 5.41) is 7.36. The van der Waals surface area contributed by atoms with Crippen LogP contribution in [0, 0.1) is 0 Å². The van der Waals surface area contributed by atoms with Gasteiger partial charge >= 0.3 is 6.16 Å². The van der Waals surface area contributed by atoms with E-state index in [1.165, 1.54) is 0 Å². The molecule has 8 heteroatoms. The largest absolute Gasteiger partial charge is 0.508 e. The molecule has 7 nitrogen and oxygen atoms in total. The summed E-state index contributed by atoms with van der Waals surface area (Å²) < 4.78 is 15.5. The summed E-state index contributed by atoms with van der Waals surface area (Å²) in [4.78, 5) is 22.6. The summed E-state index contributed by atoms with van der Waals surface area (Å²) in [7, 11) is 0. The number of fused-ring (bicyclic) bond motifs is 1. The Morgan fingerprint density at radius 3 is 3.10 bits per heavy atom. The van der Waals surface area contributed by atoms with Crippen molar-refractivity contribution < 1.29 is 23.6 Å². The molecule has 110 valence electrons. The van der Waals surface area contributed by atoms with Gasteiger partial charge < -0.3 is 19.3 Å². The standard InChI is InChI=1S/C13H11BrN2O5/c14-7-1-2-11-9(3-7)10(16-21-11)4-12(17)15-5-8-6-19-13(18)20-8/h1-3,8H,4-6H2,(H,15,17)/t8-/m0/s1. The number of amides is 1. The molecule has 1 aromatic heterocycles. The van der Waals surface area contributed by atoms with Gasteiger partial charge in [0.1, 0.15) is 12.3 Å². The summed E-state index contributed by atoms with van der Waals surface area (Å²) in [5.74, 6) is -0.229. The lowest BCUT2D eigenvalue weighted by Crippen LogP contribution is -2.34. The molecule has 0 spiro atoms. The van der Waals surface area contributed by atoms with Gasteiger partial charge in [0, 0.05) is 9.86 Å². The third kappa shape index (κ3) is 3.15. The highest BCUT2D eigenvalue weighted by Crippen LogP contribution is 2.23. The van der Waals surface area contributed by atoms with Gasteiger partial charge in [-0.25, -0.2) is 4.79 Å². The van der Waals surface area contributed by atoms with Crippen molar-refractivity contribution in [1.29, 1.82) is 0 Å². The van der Waals surface area contributed by atoms with Crippen LogP contribution in [0.25, 0.3) is 11.0 Å². The monoisotopic (exact) mass is 354 g/mol. The minimum atomic E-state index is -0.707. The van der Waals surface area contributed by atoms with E-state index in [9.17, 15) is 9.59 Å². The van der Waals surface area contributed by atoms with E-state index in [0.29, 0.717) is 11.3 Å². The van der Waals surface area contributed by atoms with Crippen LogP contribution in [0.3, 0.4) is 0 Å². The van der Waals surface area contributed by atoms with E-state index in [-0.39, 0.29) is 25.5 Å². The predicted molar refractivity (Wildman–Crippen MR) is 74.6 cm³/mol. The van der Waals surface area contributed by atoms with E-state index in [2.05, 4.69) is 31.1 Å². The lowest BCUT2D eigenvalue weighted by atomic mass is 10.1. The third-order valence-electron chi connectivity index (χ3n) is 3.01. The van der Waals surface area contributed by atoms with Gasteiger partial charge in [-0.3, -0.25) is 4.79 Å². The lowest BCUT2D eigenvalue weighted by molar-refractivity contribution is -0.120.